The van der Waals surface area contributed by atoms with Crippen LogP contribution in [0.5, 0.6) is 11.6 Å². The number of methoxy groups -OCH3 is 1. The highest BCUT2D eigenvalue weighted by molar-refractivity contribution is 5.40. The summed E-state index contributed by atoms with van der Waals surface area (Å²) in [5.74, 6) is 1.56. The minimum absolute atomic E-state index is 0.280. The molecule has 0 spiro atoms. The number of nitrogens with zero attached hydrogens (tertiary/aromatic N) is 1. The number of anilines is 1. The summed E-state index contributed by atoms with van der Waals surface area (Å²) in [6, 6.07) is 12.7. The van der Waals surface area contributed by atoms with Crippen molar-refractivity contribution in [2.45, 2.75) is 6.54 Å². The Bertz CT molecular complexity index is 500. The molecule has 2 aromatic rings. The van der Waals surface area contributed by atoms with Crippen molar-refractivity contribution in [1.29, 1.82) is 0 Å². The molecule has 0 amide bonds. The molecule has 17 heavy (non-hydrogen) atoms. The number of phenolic OH excluding ortho intramolecular Hbond substituents is 1. The third-order valence-electron chi connectivity index (χ3n) is 2.38. The molecule has 0 fully saturated rings. The van der Waals surface area contributed by atoms with Crippen molar-refractivity contribution >= 4 is 5.82 Å². The summed E-state index contributed by atoms with van der Waals surface area (Å²) in [4.78, 5) is 4.22. The average Bonchev–Trinajstić information content (AvgIpc) is 2.38. The Kier molecular flexibility index (Phi) is 3.45. The van der Waals surface area contributed by atoms with Gasteiger partial charge in [0.05, 0.1) is 7.11 Å². The zero-order valence-corrected chi connectivity index (χ0v) is 9.55. The van der Waals surface area contributed by atoms with E-state index in [0.29, 0.717) is 18.2 Å². The number of hydrogen-bond donors (Lipinski definition) is 2. The van der Waals surface area contributed by atoms with Gasteiger partial charge >= 0.3 is 0 Å². The van der Waals surface area contributed by atoms with Gasteiger partial charge in [-0.05, 0) is 12.1 Å². The molecule has 0 aliphatic heterocycles. The molecule has 1 heterocycles. The van der Waals surface area contributed by atoms with Crippen LogP contribution in [-0.4, -0.2) is 17.2 Å². The van der Waals surface area contributed by atoms with Gasteiger partial charge in [0.15, 0.2) is 0 Å². The van der Waals surface area contributed by atoms with E-state index < -0.39 is 0 Å². The van der Waals surface area contributed by atoms with Crippen LogP contribution in [0.2, 0.25) is 0 Å². The first kappa shape index (κ1) is 11.3. The van der Waals surface area contributed by atoms with Crippen molar-refractivity contribution in [3.05, 3.63) is 48.0 Å². The molecule has 0 saturated carbocycles. The van der Waals surface area contributed by atoms with Gasteiger partial charge in [-0.1, -0.05) is 24.3 Å². The molecule has 2 rings (SSSR count). The van der Waals surface area contributed by atoms with Gasteiger partial charge in [-0.25, -0.2) is 0 Å². The van der Waals surface area contributed by atoms with Crippen molar-refractivity contribution in [2.75, 3.05) is 12.4 Å². The number of hydrogen-bond acceptors (Lipinski definition) is 4. The zero-order chi connectivity index (χ0) is 12.1. The topological polar surface area (TPSA) is 54.4 Å². The maximum atomic E-state index is 9.60. The highest BCUT2D eigenvalue weighted by Crippen LogP contribution is 2.17. The Morgan fingerprint density at radius 3 is 2.76 bits per heavy atom. The zero-order valence-electron chi connectivity index (χ0n) is 9.55. The Labute approximate surface area is 99.9 Å². The van der Waals surface area contributed by atoms with E-state index in [0.717, 1.165) is 5.56 Å². The Morgan fingerprint density at radius 2 is 2.00 bits per heavy atom. The second-order valence-electron chi connectivity index (χ2n) is 3.55. The summed E-state index contributed by atoms with van der Waals surface area (Å²) in [7, 11) is 1.58. The monoisotopic (exact) mass is 230 g/mol. The van der Waals surface area contributed by atoms with Crippen LogP contribution in [0.15, 0.2) is 42.5 Å². The van der Waals surface area contributed by atoms with Crippen LogP contribution in [0.3, 0.4) is 0 Å². The van der Waals surface area contributed by atoms with Gasteiger partial charge in [0.1, 0.15) is 11.6 Å². The lowest BCUT2D eigenvalue weighted by atomic mass is 10.2. The van der Waals surface area contributed by atoms with E-state index in [2.05, 4.69) is 10.3 Å². The van der Waals surface area contributed by atoms with Gasteiger partial charge < -0.3 is 15.2 Å². The maximum Gasteiger partial charge on any atom is 0.214 e. The smallest absolute Gasteiger partial charge is 0.214 e. The maximum absolute atomic E-state index is 9.60. The van der Waals surface area contributed by atoms with Gasteiger partial charge in [0.2, 0.25) is 5.88 Å². The number of nitrogens with one attached hydrogen (secondary N) is 1. The van der Waals surface area contributed by atoms with Gasteiger partial charge in [0.25, 0.3) is 0 Å². The molecule has 2 N–H and O–H groups in total. The molecule has 0 radical (unpaired) electrons. The first-order valence-electron chi connectivity index (χ1n) is 5.31. The molecular weight excluding hydrogens is 216 g/mol. The normalized spacial score (nSPS) is 9.94. The highest BCUT2D eigenvalue weighted by atomic mass is 16.5. The van der Waals surface area contributed by atoms with Crippen LogP contribution in [-0.2, 0) is 6.54 Å². The second kappa shape index (κ2) is 5.21. The summed E-state index contributed by atoms with van der Waals surface area (Å²) >= 11 is 0. The molecule has 4 nitrogen and oxygen atoms in total. The van der Waals surface area contributed by atoms with E-state index in [1.807, 2.05) is 24.3 Å². The number of aromatic hydroxyl groups is 1. The summed E-state index contributed by atoms with van der Waals surface area (Å²) < 4.78 is 5.03. The Morgan fingerprint density at radius 1 is 1.18 bits per heavy atom. The predicted molar refractivity (Wildman–Crippen MR) is 66.2 cm³/mol. The van der Waals surface area contributed by atoms with Crippen LogP contribution < -0.4 is 10.1 Å². The summed E-state index contributed by atoms with van der Waals surface area (Å²) in [6.07, 6.45) is 0. The SMILES string of the molecule is COc1cccc(NCc2ccccc2O)n1. The summed E-state index contributed by atoms with van der Waals surface area (Å²) in [5, 5.41) is 12.7. The molecule has 0 atom stereocenters. The minimum Gasteiger partial charge on any atom is -0.508 e. The quantitative estimate of drug-likeness (QED) is 0.846. The fourth-order valence-electron chi connectivity index (χ4n) is 1.47. The van der Waals surface area contributed by atoms with Crippen LogP contribution in [0, 0.1) is 0 Å². The number of para-hydroxylation sites is 1. The van der Waals surface area contributed by atoms with Crippen molar-refractivity contribution < 1.29 is 9.84 Å². The third-order valence-corrected chi connectivity index (χ3v) is 2.38. The van der Waals surface area contributed by atoms with E-state index in [4.69, 9.17) is 4.74 Å². The number of benzene rings is 1. The third kappa shape index (κ3) is 2.87. The van der Waals surface area contributed by atoms with Crippen molar-refractivity contribution in [3.8, 4) is 11.6 Å². The molecule has 88 valence electrons. The number of aromatic nitrogens is 1. The van der Waals surface area contributed by atoms with Crippen LogP contribution in [0.1, 0.15) is 5.56 Å². The van der Waals surface area contributed by atoms with Crippen molar-refractivity contribution in [1.82, 2.24) is 4.98 Å². The first-order valence-corrected chi connectivity index (χ1v) is 5.31. The van der Waals surface area contributed by atoms with Crippen molar-refractivity contribution in [2.24, 2.45) is 0 Å². The lowest BCUT2D eigenvalue weighted by molar-refractivity contribution is 0.398. The lowest BCUT2D eigenvalue weighted by Gasteiger charge is -2.08. The number of phenols is 1. The molecule has 0 bridgehead atoms. The van der Waals surface area contributed by atoms with E-state index in [9.17, 15) is 5.11 Å². The molecule has 0 aliphatic rings. The molecule has 1 aromatic heterocycles. The molecule has 0 unspecified atom stereocenters. The average molecular weight is 230 g/mol. The summed E-state index contributed by atoms with van der Waals surface area (Å²) in [5.41, 5.74) is 0.831. The fourth-order valence-corrected chi connectivity index (χ4v) is 1.47. The molecule has 0 aliphatic carbocycles. The van der Waals surface area contributed by atoms with E-state index in [1.54, 1.807) is 25.3 Å². The lowest BCUT2D eigenvalue weighted by Crippen LogP contribution is -2.02. The van der Waals surface area contributed by atoms with Gasteiger partial charge in [-0.15, -0.1) is 0 Å². The first-order chi connectivity index (χ1) is 8.29. The number of pyridine rings is 1. The molecular formula is C13H14N2O2. The van der Waals surface area contributed by atoms with Crippen LogP contribution in [0.4, 0.5) is 5.82 Å². The standard InChI is InChI=1S/C13H14N2O2/c1-17-13-8-4-7-12(15-13)14-9-10-5-2-3-6-11(10)16/h2-8,16H,9H2,1H3,(H,14,15). The molecule has 4 heteroatoms. The van der Waals surface area contributed by atoms with E-state index in [1.165, 1.54) is 0 Å². The van der Waals surface area contributed by atoms with Crippen LogP contribution >= 0.6 is 0 Å². The van der Waals surface area contributed by atoms with Gasteiger partial charge in [-0.3, -0.25) is 0 Å². The fraction of sp³-hybridized carbons (Fsp3) is 0.154. The second-order valence-corrected chi connectivity index (χ2v) is 3.55. The Hall–Kier alpha value is -2.23. The number of ether oxygens (including phenoxy) is 1. The van der Waals surface area contributed by atoms with E-state index >= 15 is 0 Å². The summed E-state index contributed by atoms with van der Waals surface area (Å²) in [6.45, 7) is 0.521. The van der Waals surface area contributed by atoms with Crippen molar-refractivity contribution in [3.63, 3.8) is 0 Å². The largest absolute Gasteiger partial charge is 0.508 e. The highest BCUT2D eigenvalue weighted by Gasteiger charge is 2.00. The minimum atomic E-state index is 0.280. The van der Waals surface area contributed by atoms with E-state index in [-0.39, 0.29) is 5.75 Å². The number of rotatable bonds is 4. The molecule has 0 saturated heterocycles. The van der Waals surface area contributed by atoms with Gasteiger partial charge in [0, 0.05) is 18.2 Å². The molecule has 1 aromatic carbocycles. The van der Waals surface area contributed by atoms with Gasteiger partial charge in [-0.2, -0.15) is 4.98 Å². The predicted octanol–water partition coefficient (Wildman–Crippen LogP) is 2.41. The van der Waals surface area contributed by atoms with Crippen LogP contribution in [0.25, 0.3) is 0 Å². The Balaban J connectivity index is 2.05.